The lowest BCUT2D eigenvalue weighted by Crippen LogP contribution is -2.25. The molecule has 0 bridgehead atoms. The maximum Gasteiger partial charge on any atom is 0.513 e. The van der Waals surface area contributed by atoms with Crippen LogP contribution in [0.1, 0.15) is 48.5 Å². The van der Waals surface area contributed by atoms with Crippen molar-refractivity contribution >= 4 is 28.5 Å². The summed E-state index contributed by atoms with van der Waals surface area (Å²) in [5.41, 5.74) is -0.417. The van der Waals surface area contributed by atoms with E-state index in [0.717, 1.165) is 17.9 Å². The van der Waals surface area contributed by atoms with Gasteiger partial charge in [0.1, 0.15) is 28.7 Å². The van der Waals surface area contributed by atoms with Crippen LogP contribution in [0.2, 0.25) is 0 Å². The largest absolute Gasteiger partial charge is 0.513 e. The fraction of sp³-hybridized carbons (Fsp3) is 0.147. The summed E-state index contributed by atoms with van der Waals surface area (Å²) < 4.78 is 16.5. The van der Waals surface area contributed by atoms with Crippen LogP contribution in [0.15, 0.2) is 53.5 Å². The zero-order valence-electron chi connectivity index (χ0n) is 24.6. The summed E-state index contributed by atoms with van der Waals surface area (Å²) >= 11 is 0. The fourth-order valence-electron chi connectivity index (χ4n) is 6.42. The highest BCUT2D eigenvalue weighted by atomic mass is 16.7. The van der Waals surface area contributed by atoms with Gasteiger partial charge in [-0.2, -0.15) is 9.78 Å². The van der Waals surface area contributed by atoms with Crippen LogP contribution in [0.3, 0.4) is 0 Å². The van der Waals surface area contributed by atoms with E-state index in [2.05, 4.69) is 9.84 Å². The van der Waals surface area contributed by atoms with E-state index in [0.29, 0.717) is 28.6 Å². The molecule has 0 unspecified atom stereocenters. The highest BCUT2D eigenvalue weighted by Crippen LogP contribution is 2.54. The number of fused-ring (bicyclic) bond motifs is 6. The molecule has 0 atom stereocenters. The van der Waals surface area contributed by atoms with Crippen LogP contribution < -0.4 is 15.0 Å². The Morgan fingerprint density at radius 2 is 1.59 bits per heavy atom. The summed E-state index contributed by atoms with van der Waals surface area (Å²) in [5.74, 6) is -3.53. The van der Waals surface area contributed by atoms with E-state index in [1.165, 1.54) is 20.2 Å². The first-order valence-corrected chi connectivity index (χ1v) is 14.1. The van der Waals surface area contributed by atoms with Crippen LogP contribution in [0.25, 0.3) is 27.6 Å². The molecule has 0 spiro atoms. The number of benzene rings is 4. The van der Waals surface area contributed by atoms with Crippen molar-refractivity contribution in [3.63, 3.8) is 0 Å². The summed E-state index contributed by atoms with van der Waals surface area (Å²) in [6.45, 7) is 1.40. The number of phenols is 3. The van der Waals surface area contributed by atoms with Crippen LogP contribution >= 0.6 is 0 Å². The second-order valence-electron chi connectivity index (χ2n) is 10.9. The summed E-state index contributed by atoms with van der Waals surface area (Å²) in [5, 5.41) is 39.2. The molecule has 2 aliphatic rings. The van der Waals surface area contributed by atoms with Crippen molar-refractivity contribution < 1.29 is 43.9 Å². The number of aryl methyl sites for hydroxylation is 1. The first-order valence-electron chi connectivity index (χ1n) is 14.1. The Bertz CT molecular complexity index is 2270. The van der Waals surface area contributed by atoms with Crippen molar-refractivity contribution in [3.05, 3.63) is 98.0 Å². The molecule has 4 aromatic carbocycles. The minimum absolute atomic E-state index is 0.0104. The second kappa shape index (κ2) is 10.2. The van der Waals surface area contributed by atoms with Crippen molar-refractivity contribution in [3.8, 4) is 45.6 Å². The number of phenolic OH excluding ortho intramolecular Hbond substituents is 3. The number of para-hydroxylation sites is 1. The predicted octanol–water partition coefficient (Wildman–Crippen LogP) is 4.51. The number of carbonyl (C=O) groups is 3. The van der Waals surface area contributed by atoms with Gasteiger partial charge in [0.25, 0.3) is 5.56 Å². The van der Waals surface area contributed by atoms with Gasteiger partial charge in [-0.05, 0) is 49.6 Å². The Morgan fingerprint density at radius 3 is 2.28 bits per heavy atom. The Labute approximate surface area is 259 Å². The quantitative estimate of drug-likeness (QED) is 0.188. The van der Waals surface area contributed by atoms with Gasteiger partial charge < -0.3 is 29.5 Å². The predicted molar refractivity (Wildman–Crippen MR) is 163 cm³/mol. The molecule has 0 aliphatic heterocycles. The van der Waals surface area contributed by atoms with Gasteiger partial charge in [0.2, 0.25) is 5.78 Å². The second-order valence-corrected chi connectivity index (χ2v) is 10.9. The van der Waals surface area contributed by atoms with Crippen molar-refractivity contribution in [2.24, 2.45) is 0 Å². The Kier molecular flexibility index (Phi) is 6.34. The Morgan fingerprint density at radius 1 is 0.848 bits per heavy atom. The summed E-state index contributed by atoms with van der Waals surface area (Å²) in [6.07, 6.45) is 0.932. The lowest BCUT2D eigenvalue weighted by atomic mass is 9.75. The third-order valence-electron chi connectivity index (χ3n) is 8.55. The minimum Gasteiger partial charge on any atom is -0.507 e. The number of hydrogen-bond acceptors (Lipinski definition) is 11. The lowest BCUT2D eigenvalue weighted by Gasteiger charge is -2.30. The molecule has 0 amide bonds. The molecule has 230 valence electrons. The topological polar surface area (TPSA) is 174 Å². The molecule has 7 rings (SSSR count). The van der Waals surface area contributed by atoms with Gasteiger partial charge in [-0.1, -0.05) is 18.2 Å². The van der Waals surface area contributed by atoms with E-state index in [9.17, 15) is 34.5 Å². The van der Waals surface area contributed by atoms with Crippen LogP contribution in [-0.4, -0.2) is 57.0 Å². The molecule has 3 N–H and O–H groups in total. The average molecular weight is 621 g/mol. The van der Waals surface area contributed by atoms with E-state index in [4.69, 9.17) is 9.47 Å². The highest BCUT2D eigenvalue weighted by molar-refractivity contribution is 6.32. The van der Waals surface area contributed by atoms with E-state index >= 15 is 0 Å². The number of ketones is 2. The van der Waals surface area contributed by atoms with E-state index < -0.39 is 46.1 Å². The van der Waals surface area contributed by atoms with E-state index in [1.807, 2.05) is 0 Å². The molecule has 0 radical (unpaired) electrons. The van der Waals surface area contributed by atoms with Gasteiger partial charge in [0.05, 0.1) is 48.2 Å². The van der Waals surface area contributed by atoms with Gasteiger partial charge >= 0.3 is 6.16 Å². The van der Waals surface area contributed by atoms with Crippen molar-refractivity contribution in [2.75, 3.05) is 14.2 Å². The summed E-state index contributed by atoms with van der Waals surface area (Å²) in [6, 6.07) is 11.5. The molecule has 12 heteroatoms. The normalized spacial score (nSPS) is 13.0. The average Bonchev–Trinajstić information content (AvgIpc) is 3.05. The van der Waals surface area contributed by atoms with Crippen LogP contribution in [-0.2, 0) is 17.6 Å². The molecule has 12 nitrogen and oxygen atoms in total. The molecule has 0 saturated carbocycles. The third kappa shape index (κ3) is 3.82. The Hall–Kier alpha value is -6.17. The van der Waals surface area contributed by atoms with E-state index in [1.54, 1.807) is 36.4 Å². The minimum atomic E-state index is -1.11. The highest BCUT2D eigenvalue weighted by Gasteiger charge is 2.42. The van der Waals surface area contributed by atoms with Crippen LogP contribution in [0.5, 0.6) is 28.7 Å². The maximum atomic E-state index is 14.1. The van der Waals surface area contributed by atoms with Crippen molar-refractivity contribution in [2.45, 2.75) is 19.8 Å². The van der Waals surface area contributed by atoms with Gasteiger partial charge in [-0.3, -0.25) is 14.4 Å². The number of aromatic nitrogens is 2. The maximum absolute atomic E-state index is 14.1. The van der Waals surface area contributed by atoms with Crippen LogP contribution in [0.4, 0.5) is 4.79 Å². The smallest absolute Gasteiger partial charge is 0.507 e. The first-order chi connectivity index (χ1) is 22.1. The summed E-state index contributed by atoms with van der Waals surface area (Å²) in [7, 11) is 2.39. The zero-order valence-corrected chi connectivity index (χ0v) is 24.6. The van der Waals surface area contributed by atoms with E-state index in [-0.39, 0.29) is 56.7 Å². The zero-order chi connectivity index (χ0) is 32.6. The van der Waals surface area contributed by atoms with Gasteiger partial charge in [-0.15, -0.1) is 0 Å². The fourth-order valence-corrected chi connectivity index (χ4v) is 6.42. The van der Waals surface area contributed by atoms with Gasteiger partial charge in [-0.25, -0.2) is 4.79 Å². The number of carbonyl (C=O) groups excluding carboxylic acids is 3. The standard InChI is InChI=1S/C34H24N2O10/c1-14-20(46-34(43)45-3)12-19-24(27(14)37)31(41)26-25(28(19)38)30(40)23-18(32(26)44-2)10-9-15-11-16-13-35-36(17-7-5-4-6-8-17)33(42)22(16)29(39)21(15)23/h4-8,11-13,37,39-40H,9-10H2,1-3H3. The SMILES string of the molecule is COC(=O)Oc1cc2c(c(O)c1C)C(=O)c1c(OC)c3c(c(O)c1C2=O)-c1c(cc2cnn(-c4ccccc4)c(=O)c2c1O)CC3. The van der Waals surface area contributed by atoms with Gasteiger partial charge in [0, 0.05) is 33.2 Å². The number of rotatable bonds is 3. The molecule has 0 saturated heterocycles. The number of hydrogen-bond donors (Lipinski definition) is 3. The molecule has 5 aromatic rings. The third-order valence-corrected chi connectivity index (χ3v) is 8.55. The Balaban J connectivity index is 1.51. The monoisotopic (exact) mass is 620 g/mol. The molecule has 46 heavy (non-hydrogen) atoms. The number of ether oxygens (including phenoxy) is 3. The van der Waals surface area contributed by atoms with Crippen molar-refractivity contribution in [1.82, 2.24) is 9.78 Å². The van der Waals surface area contributed by atoms with Crippen molar-refractivity contribution in [1.29, 1.82) is 0 Å². The molecule has 1 aromatic heterocycles. The number of nitrogens with zero attached hydrogens (tertiary/aromatic N) is 2. The molecular formula is C34H24N2O10. The van der Waals surface area contributed by atoms with Crippen LogP contribution in [0, 0.1) is 6.92 Å². The molecular weight excluding hydrogens is 596 g/mol. The molecule has 0 fully saturated rings. The number of methoxy groups -OCH3 is 2. The lowest BCUT2D eigenvalue weighted by molar-refractivity contribution is 0.0970. The molecule has 1 heterocycles. The van der Waals surface area contributed by atoms with Gasteiger partial charge in [0.15, 0.2) is 5.78 Å². The molecule has 2 aliphatic carbocycles. The summed E-state index contributed by atoms with van der Waals surface area (Å²) in [4.78, 5) is 53.6. The first kappa shape index (κ1) is 28.6. The number of aromatic hydroxyl groups is 3.